The van der Waals surface area contributed by atoms with Crippen LogP contribution in [0.5, 0.6) is 0 Å². The molecule has 0 atom stereocenters. The molecule has 0 bridgehead atoms. The highest BCUT2D eigenvalue weighted by Gasteiger charge is 1.98. The molecule has 0 aromatic carbocycles. The minimum absolute atomic E-state index is 1.00. The van der Waals surface area contributed by atoms with Crippen LogP contribution in [0.1, 0.15) is 38.3 Å². The molecule has 16 heavy (non-hydrogen) atoms. The first-order chi connectivity index (χ1) is 7.88. The van der Waals surface area contributed by atoms with Gasteiger partial charge in [-0.2, -0.15) is 0 Å². The van der Waals surface area contributed by atoms with Gasteiger partial charge in [-0.3, -0.25) is 9.98 Å². The minimum atomic E-state index is 1.00. The molecule has 0 radical (unpaired) electrons. The molecule has 0 saturated heterocycles. The van der Waals surface area contributed by atoms with Crippen LogP contribution in [-0.2, 0) is 0 Å². The summed E-state index contributed by atoms with van der Waals surface area (Å²) in [6.45, 7) is 2.22. The average Bonchev–Trinajstić information content (AvgIpc) is 2.34. The van der Waals surface area contributed by atoms with Gasteiger partial charge < -0.3 is 0 Å². The van der Waals surface area contributed by atoms with E-state index < -0.39 is 0 Å². The molecule has 1 rings (SSSR count). The van der Waals surface area contributed by atoms with E-state index in [4.69, 9.17) is 0 Å². The predicted molar refractivity (Wildman–Crippen MR) is 70.8 cm³/mol. The number of aliphatic imine (C=N–C) groups is 1. The van der Waals surface area contributed by atoms with Crippen molar-refractivity contribution in [3.8, 4) is 0 Å². The second kappa shape index (κ2) is 7.80. The zero-order valence-electron chi connectivity index (χ0n) is 10.2. The van der Waals surface area contributed by atoms with Gasteiger partial charge >= 0.3 is 0 Å². The van der Waals surface area contributed by atoms with Crippen molar-refractivity contribution in [1.82, 2.24) is 4.98 Å². The Morgan fingerprint density at radius 1 is 1.38 bits per heavy atom. The molecule has 0 unspecified atom stereocenters. The molecular weight excluding hydrogens is 196 g/mol. The van der Waals surface area contributed by atoms with Crippen molar-refractivity contribution in [3.63, 3.8) is 0 Å². The highest BCUT2D eigenvalue weighted by atomic mass is 14.7. The molecule has 0 N–H and O–H groups in total. The molecular formula is C14H20N2. The number of rotatable bonds is 6. The summed E-state index contributed by atoms with van der Waals surface area (Å²) >= 11 is 0. The van der Waals surface area contributed by atoms with Crippen molar-refractivity contribution in [2.24, 2.45) is 4.99 Å². The molecule has 0 spiro atoms. The van der Waals surface area contributed by atoms with E-state index in [1.165, 1.54) is 19.3 Å². The fraction of sp³-hybridized carbons (Fsp3) is 0.429. The first kappa shape index (κ1) is 12.6. The van der Waals surface area contributed by atoms with E-state index in [0.29, 0.717) is 0 Å². The maximum atomic E-state index is 4.34. The third-order valence-electron chi connectivity index (χ3n) is 2.40. The van der Waals surface area contributed by atoms with Crippen LogP contribution in [0.3, 0.4) is 0 Å². The Morgan fingerprint density at radius 3 is 2.88 bits per heavy atom. The van der Waals surface area contributed by atoms with E-state index in [1.807, 2.05) is 30.6 Å². The molecule has 0 fully saturated rings. The Bertz CT molecular complexity index is 339. The molecule has 0 aliphatic heterocycles. The van der Waals surface area contributed by atoms with Crippen LogP contribution < -0.4 is 0 Å². The molecule has 0 aliphatic rings. The summed E-state index contributed by atoms with van der Waals surface area (Å²) in [5.74, 6) is 0. The molecule has 0 saturated carbocycles. The molecule has 0 amide bonds. The van der Waals surface area contributed by atoms with Crippen LogP contribution >= 0.6 is 0 Å². The topological polar surface area (TPSA) is 25.2 Å². The number of allylic oxidation sites excluding steroid dienone is 2. The number of hydrogen-bond acceptors (Lipinski definition) is 2. The summed E-state index contributed by atoms with van der Waals surface area (Å²) in [6.07, 6.45) is 10.8. The van der Waals surface area contributed by atoms with Crippen LogP contribution in [0.15, 0.2) is 35.5 Å². The monoisotopic (exact) mass is 216 g/mol. The van der Waals surface area contributed by atoms with E-state index >= 15 is 0 Å². The lowest BCUT2D eigenvalue weighted by Crippen LogP contribution is -1.90. The average molecular weight is 216 g/mol. The molecule has 2 heteroatoms. The summed E-state index contributed by atoms with van der Waals surface area (Å²) in [5.41, 5.74) is 2.13. The maximum absolute atomic E-state index is 4.34. The van der Waals surface area contributed by atoms with Crippen molar-refractivity contribution in [1.29, 1.82) is 0 Å². The second-order valence-corrected chi connectivity index (χ2v) is 3.76. The number of unbranched alkanes of at least 4 members (excludes halogenated alkanes) is 3. The summed E-state index contributed by atoms with van der Waals surface area (Å²) < 4.78 is 0. The molecule has 0 aliphatic carbocycles. The Labute approximate surface area is 98.1 Å². The first-order valence-electron chi connectivity index (χ1n) is 5.92. The normalized spacial score (nSPS) is 12.2. The Morgan fingerprint density at radius 2 is 2.25 bits per heavy atom. The summed E-state index contributed by atoms with van der Waals surface area (Å²) in [4.78, 5) is 8.42. The highest BCUT2D eigenvalue weighted by Crippen LogP contribution is 2.11. The number of nitrogens with zero attached hydrogens (tertiary/aromatic N) is 2. The van der Waals surface area contributed by atoms with E-state index in [-0.39, 0.29) is 0 Å². The van der Waals surface area contributed by atoms with Crippen LogP contribution in [0.25, 0.3) is 5.57 Å². The van der Waals surface area contributed by atoms with Crippen molar-refractivity contribution in [2.45, 2.75) is 32.6 Å². The molecule has 86 valence electrons. The standard InChI is InChI=1S/C14H20N2/c1-3-4-5-6-9-13(12-15-2)14-10-7-8-11-16-14/h7-12H,3-6H2,1-2H3. The Kier molecular flexibility index (Phi) is 6.16. The second-order valence-electron chi connectivity index (χ2n) is 3.76. The van der Waals surface area contributed by atoms with Gasteiger partial charge in [-0.05, 0) is 25.0 Å². The van der Waals surface area contributed by atoms with Crippen LogP contribution in [0.4, 0.5) is 0 Å². The zero-order chi connectivity index (χ0) is 11.6. The van der Waals surface area contributed by atoms with Crippen LogP contribution in [-0.4, -0.2) is 18.2 Å². The lowest BCUT2D eigenvalue weighted by Gasteiger charge is -2.00. The number of aromatic nitrogens is 1. The van der Waals surface area contributed by atoms with Crippen molar-refractivity contribution in [3.05, 3.63) is 36.2 Å². The lowest BCUT2D eigenvalue weighted by atomic mass is 10.1. The smallest absolute Gasteiger partial charge is 0.0714 e. The van der Waals surface area contributed by atoms with Gasteiger partial charge in [-0.15, -0.1) is 0 Å². The third-order valence-corrected chi connectivity index (χ3v) is 2.40. The Balaban J connectivity index is 2.68. The zero-order valence-corrected chi connectivity index (χ0v) is 10.2. The van der Waals surface area contributed by atoms with Gasteiger partial charge in [0.15, 0.2) is 0 Å². The fourth-order valence-electron chi connectivity index (χ4n) is 1.55. The SMILES string of the molecule is CCCCCC=C(C=NC)c1ccccn1. The molecule has 1 aromatic heterocycles. The summed E-state index contributed by atoms with van der Waals surface area (Å²) in [5, 5.41) is 0. The molecule has 1 heterocycles. The first-order valence-corrected chi connectivity index (χ1v) is 5.92. The van der Waals surface area contributed by atoms with Gasteiger partial charge in [0, 0.05) is 25.0 Å². The van der Waals surface area contributed by atoms with Crippen molar-refractivity contribution in [2.75, 3.05) is 7.05 Å². The van der Waals surface area contributed by atoms with Gasteiger partial charge in [0.1, 0.15) is 0 Å². The van der Waals surface area contributed by atoms with Gasteiger partial charge in [0.05, 0.1) is 5.69 Å². The van der Waals surface area contributed by atoms with Crippen molar-refractivity contribution < 1.29 is 0 Å². The summed E-state index contributed by atoms with van der Waals surface area (Å²) in [7, 11) is 1.79. The number of pyridine rings is 1. The fourth-order valence-corrected chi connectivity index (χ4v) is 1.55. The summed E-state index contributed by atoms with van der Waals surface area (Å²) in [6, 6.07) is 5.96. The van der Waals surface area contributed by atoms with Crippen LogP contribution in [0.2, 0.25) is 0 Å². The van der Waals surface area contributed by atoms with E-state index in [0.717, 1.165) is 17.7 Å². The van der Waals surface area contributed by atoms with Gasteiger partial charge in [0.2, 0.25) is 0 Å². The quantitative estimate of drug-likeness (QED) is 0.525. The van der Waals surface area contributed by atoms with E-state index in [1.54, 1.807) is 7.05 Å². The third kappa shape index (κ3) is 4.39. The predicted octanol–water partition coefficient (Wildman–Crippen LogP) is 3.75. The van der Waals surface area contributed by atoms with E-state index in [2.05, 4.69) is 23.0 Å². The van der Waals surface area contributed by atoms with Crippen molar-refractivity contribution >= 4 is 11.8 Å². The highest BCUT2D eigenvalue weighted by molar-refractivity contribution is 6.08. The lowest BCUT2D eigenvalue weighted by molar-refractivity contribution is 0.730. The molecule has 1 aromatic rings. The number of hydrogen-bond donors (Lipinski definition) is 0. The largest absolute Gasteiger partial charge is 0.296 e. The van der Waals surface area contributed by atoms with Gasteiger partial charge in [0.25, 0.3) is 0 Å². The Hall–Kier alpha value is -1.44. The molecule has 2 nitrogen and oxygen atoms in total. The van der Waals surface area contributed by atoms with E-state index in [9.17, 15) is 0 Å². The van der Waals surface area contributed by atoms with Gasteiger partial charge in [-0.1, -0.05) is 31.9 Å². The maximum Gasteiger partial charge on any atom is 0.0714 e. The minimum Gasteiger partial charge on any atom is -0.296 e. The van der Waals surface area contributed by atoms with Crippen LogP contribution in [0, 0.1) is 0 Å². The van der Waals surface area contributed by atoms with Gasteiger partial charge in [-0.25, -0.2) is 0 Å².